The number of thiazole rings is 1. The van der Waals surface area contributed by atoms with Crippen LogP contribution in [-0.2, 0) is 12.7 Å². The highest BCUT2D eigenvalue weighted by Crippen LogP contribution is 2.37. The number of nitrogens with one attached hydrogen (secondary N) is 1. The van der Waals surface area contributed by atoms with Crippen LogP contribution in [0.25, 0.3) is 10.6 Å². The van der Waals surface area contributed by atoms with Crippen molar-refractivity contribution in [3.05, 3.63) is 40.4 Å². The molecule has 1 N–H and O–H groups in total. The van der Waals surface area contributed by atoms with Crippen molar-refractivity contribution >= 4 is 11.3 Å². The summed E-state index contributed by atoms with van der Waals surface area (Å²) < 4.78 is 64.8. The van der Waals surface area contributed by atoms with E-state index in [1.54, 1.807) is 6.92 Å². The van der Waals surface area contributed by atoms with Crippen molar-refractivity contribution in [1.82, 2.24) is 10.3 Å². The highest BCUT2D eigenvalue weighted by Gasteiger charge is 2.37. The van der Waals surface area contributed by atoms with Crippen LogP contribution >= 0.6 is 11.3 Å². The molecule has 0 saturated heterocycles. The Balaban J connectivity index is 2.45. The number of halogens is 5. The summed E-state index contributed by atoms with van der Waals surface area (Å²) in [6, 6.07) is 2.91. The van der Waals surface area contributed by atoms with Gasteiger partial charge in [-0.2, -0.15) is 13.2 Å². The molecule has 2 rings (SSSR count). The number of aromatic nitrogens is 1. The zero-order chi connectivity index (χ0) is 15.6. The lowest BCUT2D eigenvalue weighted by molar-refractivity contribution is -0.141. The zero-order valence-corrected chi connectivity index (χ0v) is 11.7. The summed E-state index contributed by atoms with van der Waals surface area (Å²) in [7, 11) is 0. The van der Waals surface area contributed by atoms with Crippen molar-refractivity contribution in [2.24, 2.45) is 0 Å². The summed E-state index contributed by atoms with van der Waals surface area (Å²) >= 11 is 0.811. The van der Waals surface area contributed by atoms with Crippen LogP contribution in [0, 0.1) is 11.6 Å². The summed E-state index contributed by atoms with van der Waals surface area (Å²) in [5.41, 5.74) is -0.875. The van der Waals surface area contributed by atoms with E-state index in [4.69, 9.17) is 0 Å². The first-order valence-corrected chi connectivity index (χ1v) is 6.87. The van der Waals surface area contributed by atoms with Crippen molar-refractivity contribution in [3.8, 4) is 10.6 Å². The van der Waals surface area contributed by atoms with Gasteiger partial charge >= 0.3 is 6.18 Å². The van der Waals surface area contributed by atoms with E-state index in [1.807, 2.05) is 0 Å². The second-order valence-corrected chi connectivity index (χ2v) is 5.28. The van der Waals surface area contributed by atoms with Gasteiger partial charge in [-0.15, -0.1) is 11.3 Å². The second kappa shape index (κ2) is 6.07. The van der Waals surface area contributed by atoms with Gasteiger partial charge in [-0.1, -0.05) is 6.92 Å². The fraction of sp³-hybridized carbons (Fsp3) is 0.308. The minimum absolute atomic E-state index is 0.00845. The van der Waals surface area contributed by atoms with Crippen molar-refractivity contribution in [2.45, 2.75) is 19.6 Å². The normalized spacial score (nSPS) is 11.9. The Kier molecular flexibility index (Phi) is 4.58. The fourth-order valence-electron chi connectivity index (χ4n) is 1.68. The van der Waals surface area contributed by atoms with Gasteiger partial charge in [0.05, 0.1) is 4.88 Å². The predicted molar refractivity (Wildman–Crippen MR) is 69.8 cm³/mol. The van der Waals surface area contributed by atoms with Gasteiger partial charge in [0.1, 0.15) is 5.01 Å². The monoisotopic (exact) mass is 322 g/mol. The van der Waals surface area contributed by atoms with E-state index < -0.39 is 23.5 Å². The molecule has 0 aliphatic rings. The molecule has 0 aliphatic heterocycles. The van der Waals surface area contributed by atoms with E-state index in [9.17, 15) is 22.0 Å². The predicted octanol–water partition coefficient (Wildman–Crippen LogP) is 4.22. The second-order valence-electron chi connectivity index (χ2n) is 4.20. The van der Waals surface area contributed by atoms with Crippen molar-refractivity contribution < 1.29 is 22.0 Å². The van der Waals surface area contributed by atoms with Crippen LogP contribution in [0.5, 0.6) is 0 Å². The van der Waals surface area contributed by atoms with E-state index in [1.165, 1.54) is 6.07 Å². The molecular formula is C13H11F5N2S. The Morgan fingerprint density at radius 3 is 2.48 bits per heavy atom. The maximum atomic E-state index is 13.2. The Morgan fingerprint density at radius 1 is 1.19 bits per heavy atom. The average molecular weight is 322 g/mol. The van der Waals surface area contributed by atoms with Crippen LogP contribution in [0.1, 0.15) is 17.5 Å². The third kappa shape index (κ3) is 3.56. The van der Waals surface area contributed by atoms with Crippen LogP contribution in [0.4, 0.5) is 22.0 Å². The number of benzene rings is 1. The molecule has 2 nitrogen and oxygen atoms in total. The minimum Gasteiger partial charge on any atom is -0.312 e. The molecular weight excluding hydrogens is 311 g/mol. The number of hydrogen-bond acceptors (Lipinski definition) is 3. The van der Waals surface area contributed by atoms with E-state index in [-0.39, 0.29) is 22.0 Å². The first kappa shape index (κ1) is 15.8. The molecule has 2 aromatic rings. The quantitative estimate of drug-likeness (QED) is 0.853. The fourth-order valence-corrected chi connectivity index (χ4v) is 2.73. The van der Waals surface area contributed by atoms with Crippen LogP contribution < -0.4 is 5.32 Å². The first-order valence-electron chi connectivity index (χ1n) is 6.06. The Bertz CT molecular complexity index is 636. The molecule has 0 unspecified atom stereocenters. The van der Waals surface area contributed by atoms with Crippen molar-refractivity contribution in [3.63, 3.8) is 0 Å². The number of rotatable bonds is 4. The molecule has 0 radical (unpaired) electrons. The Hall–Kier alpha value is -1.54. The summed E-state index contributed by atoms with van der Waals surface area (Å²) in [5.74, 6) is -2.18. The largest absolute Gasteiger partial charge is 0.434 e. The molecule has 0 spiro atoms. The van der Waals surface area contributed by atoms with Crippen LogP contribution in [0.2, 0.25) is 0 Å². The summed E-state index contributed by atoms with van der Waals surface area (Å²) in [6.45, 7) is 2.30. The lowest BCUT2D eigenvalue weighted by atomic mass is 10.2. The van der Waals surface area contributed by atoms with Gasteiger partial charge in [0.15, 0.2) is 17.3 Å². The van der Waals surface area contributed by atoms with Gasteiger partial charge in [-0.3, -0.25) is 0 Å². The summed E-state index contributed by atoms with van der Waals surface area (Å²) in [6.07, 6.45) is -4.59. The molecule has 1 heterocycles. The molecule has 21 heavy (non-hydrogen) atoms. The summed E-state index contributed by atoms with van der Waals surface area (Å²) in [5, 5.41) is 2.81. The van der Waals surface area contributed by atoms with Crippen LogP contribution in [0.3, 0.4) is 0 Å². The van der Waals surface area contributed by atoms with Crippen molar-refractivity contribution in [1.29, 1.82) is 0 Å². The molecule has 0 atom stereocenters. The number of nitrogens with zero attached hydrogens (tertiary/aromatic N) is 1. The number of alkyl halides is 3. The lowest BCUT2D eigenvalue weighted by Crippen LogP contribution is -2.15. The molecule has 0 saturated carbocycles. The molecule has 8 heteroatoms. The van der Waals surface area contributed by atoms with Crippen LogP contribution in [0.15, 0.2) is 18.2 Å². The van der Waals surface area contributed by atoms with E-state index in [2.05, 4.69) is 10.3 Å². The Labute approximate surface area is 121 Å². The third-order valence-corrected chi connectivity index (χ3v) is 3.77. The van der Waals surface area contributed by atoms with E-state index in [0.717, 1.165) is 23.5 Å². The average Bonchev–Trinajstić information content (AvgIpc) is 2.83. The molecule has 0 bridgehead atoms. The lowest BCUT2D eigenvalue weighted by Gasteiger charge is -2.05. The van der Waals surface area contributed by atoms with E-state index >= 15 is 0 Å². The third-order valence-electron chi connectivity index (χ3n) is 2.67. The van der Waals surface area contributed by atoms with Crippen LogP contribution in [-0.4, -0.2) is 11.5 Å². The highest BCUT2D eigenvalue weighted by molar-refractivity contribution is 7.15. The van der Waals surface area contributed by atoms with Gasteiger partial charge in [-0.25, -0.2) is 13.8 Å². The summed E-state index contributed by atoms with van der Waals surface area (Å²) in [4.78, 5) is 3.56. The standard InChI is InChI=1S/C13H11F5N2S/c1-2-19-6-10-11(13(16,17)18)20-12(21-10)7-3-4-8(14)9(15)5-7/h3-5,19H,2,6H2,1H3. The SMILES string of the molecule is CCNCc1sc(-c2ccc(F)c(F)c2)nc1C(F)(F)F. The molecule has 0 fully saturated rings. The van der Waals surface area contributed by atoms with Crippen molar-refractivity contribution in [2.75, 3.05) is 6.54 Å². The smallest absolute Gasteiger partial charge is 0.312 e. The zero-order valence-electron chi connectivity index (χ0n) is 10.9. The Morgan fingerprint density at radius 2 is 1.90 bits per heavy atom. The van der Waals surface area contributed by atoms with Gasteiger partial charge in [-0.05, 0) is 24.7 Å². The molecule has 1 aromatic carbocycles. The van der Waals surface area contributed by atoms with Gasteiger partial charge < -0.3 is 5.32 Å². The maximum Gasteiger partial charge on any atom is 0.434 e. The van der Waals surface area contributed by atoms with Gasteiger partial charge in [0.25, 0.3) is 0 Å². The van der Waals surface area contributed by atoms with E-state index in [0.29, 0.717) is 6.54 Å². The number of hydrogen-bond donors (Lipinski definition) is 1. The molecule has 0 amide bonds. The minimum atomic E-state index is -4.59. The maximum absolute atomic E-state index is 13.2. The molecule has 114 valence electrons. The van der Waals surface area contributed by atoms with Gasteiger partial charge in [0, 0.05) is 12.1 Å². The first-order chi connectivity index (χ1) is 9.82. The topological polar surface area (TPSA) is 24.9 Å². The van der Waals surface area contributed by atoms with Gasteiger partial charge in [0.2, 0.25) is 0 Å². The molecule has 1 aromatic heterocycles. The molecule has 0 aliphatic carbocycles. The highest BCUT2D eigenvalue weighted by atomic mass is 32.1.